The summed E-state index contributed by atoms with van der Waals surface area (Å²) < 4.78 is 13.5. The second-order valence-electron chi connectivity index (χ2n) is 6.20. The standard InChI is InChI=1S/C18H18BrFN2O/c1-18(2,3)14-7-5-13(6-8-14)17(23)22-21-11-12-4-9-16(20)15(19)10-12/h4-11H,1-3H3,(H,22,23)/b21-11+. The Kier molecular flexibility index (Phi) is 5.31. The van der Waals surface area contributed by atoms with Crippen molar-refractivity contribution in [1.29, 1.82) is 0 Å². The third kappa shape index (κ3) is 4.73. The van der Waals surface area contributed by atoms with Crippen molar-refractivity contribution in [3.8, 4) is 0 Å². The van der Waals surface area contributed by atoms with E-state index < -0.39 is 0 Å². The normalized spacial score (nSPS) is 11.7. The minimum Gasteiger partial charge on any atom is -0.267 e. The number of benzene rings is 2. The molecule has 2 aromatic rings. The van der Waals surface area contributed by atoms with Gasteiger partial charge in [0.05, 0.1) is 10.7 Å². The van der Waals surface area contributed by atoms with Crippen LogP contribution in [-0.4, -0.2) is 12.1 Å². The van der Waals surface area contributed by atoms with Gasteiger partial charge in [0.25, 0.3) is 5.91 Å². The fraction of sp³-hybridized carbons (Fsp3) is 0.222. The molecule has 23 heavy (non-hydrogen) atoms. The van der Waals surface area contributed by atoms with E-state index in [-0.39, 0.29) is 17.1 Å². The molecule has 0 aliphatic heterocycles. The Hall–Kier alpha value is -2.01. The molecule has 0 bridgehead atoms. The Bertz CT molecular complexity index is 734. The molecule has 0 fully saturated rings. The molecule has 0 aliphatic rings. The van der Waals surface area contributed by atoms with Crippen LogP contribution in [0.2, 0.25) is 0 Å². The van der Waals surface area contributed by atoms with Crippen LogP contribution in [0.1, 0.15) is 42.3 Å². The highest BCUT2D eigenvalue weighted by Gasteiger charge is 2.14. The SMILES string of the molecule is CC(C)(C)c1ccc(C(=O)N/N=C/c2ccc(F)c(Br)c2)cc1. The van der Waals surface area contributed by atoms with E-state index in [4.69, 9.17) is 0 Å². The van der Waals surface area contributed by atoms with Crippen molar-refractivity contribution in [1.82, 2.24) is 5.43 Å². The summed E-state index contributed by atoms with van der Waals surface area (Å²) in [7, 11) is 0. The topological polar surface area (TPSA) is 41.5 Å². The first kappa shape index (κ1) is 17.3. The number of carbonyl (C=O) groups is 1. The van der Waals surface area contributed by atoms with Crippen LogP contribution in [0.15, 0.2) is 52.0 Å². The molecule has 0 aromatic heterocycles. The van der Waals surface area contributed by atoms with Crippen LogP contribution in [0.25, 0.3) is 0 Å². The van der Waals surface area contributed by atoms with Gasteiger partial charge >= 0.3 is 0 Å². The number of rotatable bonds is 3. The van der Waals surface area contributed by atoms with Gasteiger partial charge in [0.15, 0.2) is 0 Å². The molecule has 0 atom stereocenters. The lowest BCUT2D eigenvalue weighted by atomic mass is 9.87. The van der Waals surface area contributed by atoms with E-state index in [1.807, 2.05) is 12.1 Å². The number of nitrogens with zero attached hydrogens (tertiary/aromatic N) is 1. The third-order valence-electron chi connectivity index (χ3n) is 3.34. The Labute approximate surface area is 143 Å². The van der Waals surface area contributed by atoms with E-state index in [9.17, 15) is 9.18 Å². The predicted molar refractivity (Wildman–Crippen MR) is 94.3 cm³/mol. The zero-order valence-electron chi connectivity index (χ0n) is 13.2. The number of hydrogen-bond acceptors (Lipinski definition) is 2. The van der Waals surface area contributed by atoms with Crippen LogP contribution in [0.3, 0.4) is 0 Å². The minimum atomic E-state index is -0.342. The highest BCUT2D eigenvalue weighted by Crippen LogP contribution is 2.22. The van der Waals surface area contributed by atoms with Crippen molar-refractivity contribution in [3.63, 3.8) is 0 Å². The summed E-state index contributed by atoms with van der Waals surface area (Å²) in [6, 6.07) is 11.9. The first-order chi connectivity index (χ1) is 10.8. The average molecular weight is 377 g/mol. The largest absolute Gasteiger partial charge is 0.271 e. The summed E-state index contributed by atoms with van der Waals surface area (Å²) in [6.45, 7) is 6.35. The molecule has 5 heteroatoms. The Morgan fingerprint density at radius 3 is 2.39 bits per heavy atom. The molecule has 0 radical (unpaired) electrons. The van der Waals surface area contributed by atoms with Crippen LogP contribution in [0.4, 0.5) is 4.39 Å². The fourth-order valence-electron chi connectivity index (χ4n) is 1.94. The molecule has 0 heterocycles. The Morgan fingerprint density at radius 2 is 1.83 bits per heavy atom. The van der Waals surface area contributed by atoms with Crippen molar-refractivity contribution in [2.24, 2.45) is 5.10 Å². The molecule has 0 saturated carbocycles. The number of hydrazone groups is 1. The van der Waals surface area contributed by atoms with Crippen LogP contribution in [0, 0.1) is 5.82 Å². The van der Waals surface area contributed by atoms with E-state index in [1.165, 1.54) is 12.3 Å². The van der Waals surface area contributed by atoms with Gasteiger partial charge in [-0.1, -0.05) is 39.0 Å². The van der Waals surface area contributed by atoms with Crippen LogP contribution in [-0.2, 0) is 5.41 Å². The molecular weight excluding hydrogens is 359 g/mol. The molecule has 1 amide bonds. The second kappa shape index (κ2) is 7.04. The van der Waals surface area contributed by atoms with Crippen molar-refractivity contribution in [3.05, 3.63) is 69.4 Å². The van der Waals surface area contributed by atoms with E-state index in [0.717, 1.165) is 5.56 Å². The van der Waals surface area contributed by atoms with Crippen LogP contribution >= 0.6 is 15.9 Å². The lowest BCUT2D eigenvalue weighted by Gasteiger charge is -2.18. The number of halogens is 2. The first-order valence-electron chi connectivity index (χ1n) is 7.16. The molecule has 120 valence electrons. The summed E-state index contributed by atoms with van der Waals surface area (Å²) in [5.74, 6) is -0.631. The molecule has 0 unspecified atom stereocenters. The van der Waals surface area contributed by atoms with Gasteiger partial charge in [-0.25, -0.2) is 9.82 Å². The average Bonchev–Trinajstić information content (AvgIpc) is 2.50. The number of carbonyl (C=O) groups excluding carboxylic acids is 1. The zero-order chi connectivity index (χ0) is 17.0. The van der Waals surface area contributed by atoms with Gasteiger partial charge < -0.3 is 0 Å². The number of amides is 1. The molecule has 0 spiro atoms. The maximum atomic E-state index is 13.1. The summed E-state index contributed by atoms with van der Waals surface area (Å²) in [6.07, 6.45) is 1.46. The van der Waals surface area contributed by atoms with Gasteiger partial charge in [-0.3, -0.25) is 4.79 Å². The summed E-state index contributed by atoms with van der Waals surface area (Å²) >= 11 is 3.10. The molecule has 1 N–H and O–H groups in total. The molecule has 0 aliphatic carbocycles. The summed E-state index contributed by atoms with van der Waals surface area (Å²) in [5.41, 5.74) is 4.89. The molecule has 0 saturated heterocycles. The van der Waals surface area contributed by atoms with Gasteiger partial charge in [0.1, 0.15) is 5.82 Å². The maximum absolute atomic E-state index is 13.1. The number of nitrogens with one attached hydrogen (secondary N) is 1. The fourth-order valence-corrected chi connectivity index (χ4v) is 2.34. The quantitative estimate of drug-likeness (QED) is 0.614. The van der Waals surface area contributed by atoms with E-state index in [2.05, 4.69) is 47.2 Å². The Balaban J connectivity index is 2.01. The van der Waals surface area contributed by atoms with Gasteiger partial charge in [-0.05, 0) is 56.7 Å². The number of hydrogen-bond donors (Lipinski definition) is 1. The lowest BCUT2D eigenvalue weighted by molar-refractivity contribution is 0.0955. The molecule has 2 aromatic carbocycles. The van der Waals surface area contributed by atoms with Gasteiger partial charge in [-0.2, -0.15) is 5.10 Å². The highest BCUT2D eigenvalue weighted by atomic mass is 79.9. The zero-order valence-corrected chi connectivity index (χ0v) is 14.8. The second-order valence-corrected chi connectivity index (χ2v) is 7.05. The highest BCUT2D eigenvalue weighted by molar-refractivity contribution is 9.10. The van der Waals surface area contributed by atoms with Gasteiger partial charge in [-0.15, -0.1) is 0 Å². The van der Waals surface area contributed by atoms with E-state index >= 15 is 0 Å². The van der Waals surface area contributed by atoms with Crippen LogP contribution < -0.4 is 5.43 Å². The van der Waals surface area contributed by atoms with Crippen molar-refractivity contribution in [2.75, 3.05) is 0 Å². The molecular formula is C18H18BrFN2O. The minimum absolute atomic E-state index is 0.0448. The third-order valence-corrected chi connectivity index (χ3v) is 3.94. The van der Waals surface area contributed by atoms with Gasteiger partial charge in [0.2, 0.25) is 0 Å². The summed E-state index contributed by atoms with van der Waals surface area (Å²) in [5, 5.41) is 3.89. The summed E-state index contributed by atoms with van der Waals surface area (Å²) in [4.78, 5) is 12.0. The predicted octanol–water partition coefficient (Wildman–Crippen LogP) is 4.65. The molecule has 3 nitrogen and oxygen atoms in total. The van der Waals surface area contributed by atoms with Crippen molar-refractivity contribution in [2.45, 2.75) is 26.2 Å². The van der Waals surface area contributed by atoms with Crippen molar-refractivity contribution >= 4 is 28.1 Å². The lowest BCUT2D eigenvalue weighted by Crippen LogP contribution is -2.18. The van der Waals surface area contributed by atoms with E-state index in [1.54, 1.807) is 24.3 Å². The van der Waals surface area contributed by atoms with Crippen molar-refractivity contribution < 1.29 is 9.18 Å². The smallest absolute Gasteiger partial charge is 0.267 e. The van der Waals surface area contributed by atoms with Gasteiger partial charge in [0, 0.05) is 5.56 Å². The maximum Gasteiger partial charge on any atom is 0.271 e. The first-order valence-corrected chi connectivity index (χ1v) is 7.95. The molecule has 2 rings (SSSR count). The Morgan fingerprint density at radius 1 is 1.17 bits per heavy atom. The van der Waals surface area contributed by atoms with Crippen LogP contribution in [0.5, 0.6) is 0 Å². The van der Waals surface area contributed by atoms with E-state index in [0.29, 0.717) is 15.6 Å². The monoisotopic (exact) mass is 376 g/mol.